The maximum Gasteiger partial charge on any atom is 0.292 e. The van der Waals surface area contributed by atoms with Crippen LogP contribution in [0.25, 0.3) is 5.65 Å². The molecule has 1 atom stereocenters. The molecule has 6 rings (SSSR count). The molecule has 0 radical (unpaired) electrons. The molecule has 0 unspecified atom stereocenters. The van der Waals surface area contributed by atoms with Crippen LogP contribution in [-0.2, 0) is 4.74 Å². The number of ether oxygens (including phenoxy) is 1. The molecule has 8 heteroatoms. The van der Waals surface area contributed by atoms with E-state index < -0.39 is 0 Å². The number of nitrogens with zero attached hydrogens (tertiary/aromatic N) is 6. The lowest BCUT2D eigenvalue weighted by atomic mass is 9.75. The van der Waals surface area contributed by atoms with Crippen molar-refractivity contribution in [2.75, 3.05) is 31.5 Å². The SMILES string of the molecule is c1cn2nc(NC3=NC[C@@]4(CN5CCC4CC5)O3)nc2cn1. The molecule has 1 spiro atoms. The van der Waals surface area contributed by atoms with E-state index in [0.717, 1.165) is 13.1 Å². The second-order valence-corrected chi connectivity index (χ2v) is 6.28. The molecule has 1 N–H and O–H groups in total. The maximum absolute atomic E-state index is 6.22. The van der Waals surface area contributed by atoms with Crippen LogP contribution in [0.5, 0.6) is 0 Å². The zero-order valence-electron chi connectivity index (χ0n) is 12.1. The van der Waals surface area contributed by atoms with E-state index >= 15 is 0 Å². The van der Waals surface area contributed by atoms with E-state index in [0.29, 0.717) is 23.5 Å². The number of hydrogen-bond acceptors (Lipinski definition) is 7. The second-order valence-electron chi connectivity index (χ2n) is 6.28. The number of nitrogens with one attached hydrogen (secondary N) is 1. The summed E-state index contributed by atoms with van der Waals surface area (Å²) in [6.07, 6.45) is 7.53. The minimum atomic E-state index is -0.139. The largest absolute Gasteiger partial charge is 0.455 e. The van der Waals surface area contributed by atoms with E-state index in [1.807, 2.05) is 0 Å². The first-order valence-corrected chi connectivity index (χ1v) is 7.70. The Hall–Kier alpha value is -2.22. The van der Waals surface area contributed by atoms with E-state index in [1.165, 1.54) is 25.9 Å². The Kier molecular flexibility index (Phi) is 2.46. The first kappa shape index (κ1) is 12.3. The molecule has 3 fully saturated rings. The van der Waals surface area contributed by atoms with Gasteiger partial charge in [-0.15, -0.1) is 5.10 Å². The van der Waals surface area contributed by atoms with Crippen molar-refractivity contribution in [3.8, 4) is 0 Å². The van der Waals surface area contributed by atoms with E-state index in [2.05, 4.69) is 30.3 Å². The van der Waals surface area contributed by atoms with E-state index in [9.17, 15) is 0 Å². The lowest BCUT2D eigenvalue weighted by molar-refractivity contribution is -0.0829. The van der Waals surface area contributed by atoms with Crippen LogP contribution in [0.15, 0.2) is 23.6 Å². The molecule has 8 nitrogen and oxygen atoms in total. The van der Waals surface area contributed by atoms with Gasteiger partial charge in [0.25, 0.3) is 12.0 Å². The highest BCUT2D eigenvalue weighted by Crippen LogP contribution is 2.40. The summed E-state index contributed by atoms with van der Waals surface area (Å²) in [4.78, 5) is 15.4. The Balaban J connectivity index is 1.35. The maximum atomic E-state index is 6.22. The predicted octanol–water partition coefficient (Wildman–Crippen LogP) is 0.387. The highest BCUT2D eigenvalue weighted by molar-refractivity contribution is 5.88. The van der Waals surface area contributed by atoms with Crippen LogP contribution in [0.4, 0.5) is 5.95 Å². The van der Waals surface area contributed by atoms with Crippen LogP contribution in [-0.4, -0.2) is 62.3 Å². The third kappa shape index (κ3) is 1.80. The number of fused-ring (bicyclic) bond motifs is 3. The van der Waals surface area contributed by atoms with Crippen LogP contribution in [0.1, 0.15) is 12.8 Å². The topological polar surface area (TPSA) is 79.9 Å². The highest BCUT2D eigenvalue weighted by atomic mass is 16.5. The molecule has 3 saturated heterocycles. The third-order valence-corrected chi connectivity index (χ3v) is 4.97. The van der Waals surface area contributed by atoms with Crippen molar-refractivity contribution in [2.45, 2.75) is 18.4 Å². The van der Waals surface area contributed by atoms with E-state index in [1.54, 1.807) is 23.1 Å². The van der Waals surface area contributed by atoms with Crippen molar-refractivity contribution in [3.05, 3.63) is 18.6 Å². The van der Waals surface area contributed by atoms with Gasteiger partial charge in [0.05, 0.1) is 12.7 Å². The zero-order chi connectivity index (χ0) is 14.6. The quantitative estimate of drug-likeness (QED) is 0.820. The zero-order valence-corrected chi connectivity index (χ0v) is 12.1. The fourth-order valence-corrected chi connectivity index (χ4v) is 3.84. The molecular weight excluding hydrogens is 282 g/mol. The molecule has 0 aromatic carbocycles. The highest BCUT2D eigenvalue weighted by Gasteiger charge is 2.51. The summed E-state index contributed by atoms with van der Waals surface area (Å²) in [5, 5.41) is 7.44. The van der Waals surface area contributed by atoms with Gasteiger partial charge < -0.3 is 4.74 Å². The minimum Gasteiger partial charge on any atom is -0.455 e. The Morgan fingerprint density at radius 2 is 2.23 bits per heavy atom. The average Bonchev–Trinajstić information content (AvgIpc) is 3.12. The van der Waals surface area contributed by atoms with Gasteiger partial charge in [0.15, 0.2) is 5.65 Å². The standard InChI is InChI=1S/C14H17N7O/c1-4-20-5-2-10(1)14(9-20)8-16-13(22-14)18-12-17-11-7-15-3-6-21(11)19-12/h3,6-7,10H,1-2,4-5,8-9H2,(H,16,18,19)/t14-/m0/s1. The van der Waals surface area contributed by atoms with Crippen molar-refractivity contribution in [1.29, 1.82) is 0 Å². The van der Waals surface area contributed by atoms with Gasteiger partial charge in [0.1, 0.15) is 5.60 Å². The number of aromatic nitrogens is 4. The van der Waals surface area contributed by atoms with Crippen molar-refractivity contribution >= 4 is 17.6 Å². The minimum absolute atomic E-state index is 0.139. The Labute approximate surface area is 127 Å². The molecular formula is C14H17N7O. The molecule has 0 saturated carbocycles. The summed E-state index contributed by atoms with van der Waals surface area (Å²) in [5.74, 6) is 1.10. The molecule has 114 valence electrons. The first-order chi connectivity index (χ1) is 10.8. The predicted molar refractivity (Wildman–Crippen MR) is 79.7 cm³/mol. The lowest BCUT2D eigenvalue weighted by Gasteiger charge is -2.50. The first-order valence-electron chi connectivity index (χ1n) is 7.70. The summed E-state index contributed by atoms with van der Waals surface area (Å²) in [6, 6.07) is 0.539. The second kappa shape index (κ2) is 4.39. The normalized spacial score (nSPS) is 33.2. The van der Waals surface area contributed by atoms with E-state index in [4.69, 9.17) is 4.74 Å². The Morgan fingerprint density at radius 1 is 1.32 bits per heavy atom. The summed E-state index contributed by atoms with van der Waals surface area (Å²) >= 11 is 0. The van der Waals surface area contributed by atoms with Crippen LogP contribution in [0.3, 0.4) is 0 Å². The molecule has 2 aromatic heterocycles. The molecule has 4 aliphatic heterocycles. The molecule has 22 heavy (non-hydrogen) atoms. The summed E-state index contributed by atoms with van der Waals surface area (Å²) in [6.45, 7) is 4.10. The number of rotatable bonds is 1. The number of aliphatic imine (C=N–C) groups is 1. The van der Waals surface area contributed by atoms with Gasteiger partial charge in [-0.2, -0.15) is 4.98 Å². The van der Waals surface area contributed by atoms with Gasteiger partial charge in [0, 0.05) is 24.9 Å². The van der Waals surface area contributed by atoms with Gasteiger partial charge in [-0.3, -0.25) is 15.2 Å². The van der Waals surface area contributed by atoms with Gasteiger partial charge in [-0.25, -0.2) is 9.51 Å². The third-order valence-electron chi connectivity index (χ3n) is 4.97. The van der Waals surface area contributed by atoms with Crippen LogP contribution in [0, 0.1) is 5.92 Å². The van der Waals surface area contributed by atoms with Gasteiger partial charge >= 0.3 is 0 Å². The molecule has 6 heterocycles. The number of amidine groups is 1. The van der Waals surface area contributed by atoms with Crippen molar-refractivity contribution < 1.29 is 4.74 Å². The molecule has 4 aliphatic rings. The monoisotopic (exact) mass is 299 g/mol. The van der Waals surface area contributed by atoms with Crippen molar-refractivity contribution in [1.82, 2.24) is 24.5 Å². The molecule has 2 bridgehead atoms. The van der Waals surface area contributed by atoms with Crippen LogP contribution >= 0.6 is 0 Å². The Morgan fingerprint density at radius 3 is 3.00 bits per heavy atom. The Bertz CT molecular complexity index is 715. The van der Waals surface area contributed by atoms with Gasteiger partial charge in [-0.1, -0.05) is 0 Å². The molecule has 0 aliphatic carbocycles. The van der Waals surface area contributed by atoms with Crippen LogP contribution in [0.2, 0.25) is 0 Å². The van der Waals surface area contributed by atoms with E-state index in [-0.39, 0.29) is 5.60 Å². The van der Waals surface area contributed by atoms with Crippen LogP contribution < -0.4 is 5.32 Å². The summed E-state index contributed by atoms with van der Waals surface area (Å²) in [7, 11) is 0. The fourth-order valence-electron chi connectivity index (χ4n) is 3.84. The summed E-state index contributed by atoms with van der Waals surface area (Å²) < 4.78 is 7.89. The van der Waals surface area contributed by atoms with Gasteiger partial charge in [-0.05, 0) is 25.9 Å². The average molecular weight is 299 g/mol. The van der Waals surface area contributed by atoms with Gasteiger partial charge in [0.2, 0.25) is 0 Å². The molecule has 0 amide bonds. The number of hydrogen-bond donors (Lipinski definition) is 1. The van der Waals surface area contributed by atoms with Crippen molar-refractivity contribution in [3.63, 3.8) is 0 Å². The lowest BCUT2D eigenvalue weighted by Crippen LogP contribution is -2.61. The molecule has 2 aromatic rings. The summed E-state index contributed by atoms with van der Waals surface area (Å²) in [5.41, 5.74) is 0.556. The fraction of sp³-hybridized carbons (Fsp3) is 0.571. The van der Waals surface area contributed by atoms with Crippen molar-refractivity contribution in [2.24, 2.45) is 10.9 Å². The number of piperidine rings is 3. The smallest absolute Gasteiger partial charge is 0.292 e. The number of anilines is 1.